The first kappa shape index (κ1) is 33.5. The van der Waals surface area contributed by atoms with Crippen LogP contribution in [0.15, 0.2) is 59.5 Å². The molecule has 1 unspecified atom stereocenters. The largest absolute Gasteiger partial charge is 0.497 e. The number of hydrogen-bond acceptors (Lipinski definition) is 7. The molecule has 1 aliphatic rings. The smallest absolute Gasteiger partial charge is 0.255 e. The lowest BCUT2D eigenvalue weighted by atomic mass is 9.99. The van der Waals surface area contributed by atoms with Gasteiger partial charge in [-0.3, -0.25) is 15.0 Å². The van der Waals surface area contributed by atoms with E-state index in [1.54, 1.807) is 12.1 Å². The van der Waals surface area contributed by atoms with Gasteiger partial charge in [-0.1, -0.05) is 58.0 Å². The highest BCUT2D eigenvalue weighted by Crippen LogP contribution is 2.23. The highest BCUT2D eigenvalue weighted by Gasteiger charge is 2.37. The van der Waals surface area contributed by atoms with Crippen molar-refractivity contribution < 1.29 is 27.9 Å². The number of amides is 2. The normalized spacial score (nSPS) is 16.9. The van der Waals surface area contributed by atoms with E-state index < -0.39 is 28.2 Å². The summed E-state index contributed by atoms with van der Waals surface area (Å²) in [7, 11) is -2.50. The summed E-state index contributed by atoms with van der Waals surface area (Å²) in [5.74, 6) is -0.197. The quantitative estimate of drug-likeness (QED) is 0.284. The van der Waals surface area contributed by atoms with Crippen molar-refractivity contribution in [1.82, 2.24) is 20.1 Å². The van der Waals surface area contributed by atoms with Crippen LogP contribution < -0.4 is 15.5 Å². The summed E-state index contributed by atoms with van der Waals surface area (Å²) in [6.07, 6.45) is 0.539. The van der Waals surface area contributed by atoms with Crippen LogP contribution in [-0.4, -0.2) is 79.6 Å². The van der Waals surface area contributed by atoms with Gasteiger partial charge in [0.05, 0.1) is 30.2 Å². The second-order valence-corrected chi connectivity index (χ2v) is 13.6. The van der Waals surface area contributed by atoms with Gasteiger partial charge in [0.15, 0.2) is 0 Å². The van der Waals surface area contributed by atoms with Crippen LogP contribution >= 0.6 is 0 Å². The molecule has 1 aliphatic heterocycles. The highest BCUT2D eigenvalue weighted by atomic mass is 32.2. The van der Waals surface area contributed by atoms with Crippen LogP contribution in [0.4, 0.5) is 0 Å². The number of hydrazine groups is 1. The molecule has 3 atom stereocenters. The Kier molecular flexibility index (Phi) is 12.3. The molecular weight excluding hydrogens is 556 g/mol. The van der Waals surface area contributed by atoms with Crippen LogP contribution in [0.25, 0.3) is 0 Å². The Labute approximate surface area is 250 Å². The van der Waals surface area contributed by atoms with Gasteiger partial charge < -0.3 is 15.2 Å². The van der Waals surface area contributed by atoms with Gasteiger partial charge in [0.25, 0.3) is 5.91 Å². The maximum Gasteiger partial charge on any atom is 0.255 e. The van der Waals surface area contributed by atoms with Gasteiger partial charge in [-0.2, -0.15) is 4.31 Å². The Morgan fingerprint density at radius 3 is 2.24 bits per heavy atom. The molecule has 2 amide bonds. The third kappa shape index (κ3) is 9.26. The van der Waals surface area contributed by atoms with Gasteiger partial charge in [0, 0.05) is 19.5 Å². The molecule has 3 N–H and O–H groups in total. The van der Waals surface area contributed by atoms with E-state index in [-0.39, 0.29) is 54.5 Å². The predicted molar refractivity (Wildman–Crippen MR) is 162 cm³/mol. The fraction of sp³-hybridized carbons (Fsp3) is 0.548. The number of nitrogens with zero attached hydrogens (tertiary/aromatic N) is 2. The SMILES string of the molecule is COc1ccc(S(=O)(=O)N(CC(C)C)C[C@@H](O)[C@H](Cc2ccccc2)N(NC(=O)C2CCCN2)C(=O)CC(C)C)cc1. The first-order chi connectivity index (χ1) is 19.9. The number of ether oxygens (including phenoxy) is 1. The molecule has 1 saturated heterocycles. The summed E-state index contributed by atoms with van der Waals surface area (Å²) >= 11 is 0. The lowest BCUT2D eigenvalue weighted by Crippen LogP contribution is -2.61. The van der Waals surface area contributed by atoms with Crippen molar-refractivity contribution in [1.29, 1.82) is 0 Å². The summed E-state index contributed by atoms with van der Waals surface area (Å²) in [5, 5.41) is 16.2. The summed E-state index contributed by atoms with van der Waals surface area (Å²) in [6, 6.07) is 14.1. The monoisotopic (exact) mass is 602 g/mol. The minimum Gasteiger partial charge on any atom is -0.497 e. The molecule has 2 aromatic rings. The van der Waals surface area contributed by atoms with Gasteiger partial charge in [0.1, 0.15) is 5.75 Å². The van der Waals surface area contributed by atoms with Crippen LogP contribution in [0.2, 0.25) is 0 Å². The number of benzene rings is 2. The number of carbonyl (C=O) groups excluding carboxylic acids is 2. The summed E-state index contributed by atoms with van der Waals surface area (Å²) in [4.78, 5) is 26.9. The number of nitrogens with one attached hydrogen (secondary N) is 2. The lowest BCUT2D eigenvalue weighted by Gasteiger charge is -2.38. The molecular formula is C31H46N4O6S. The number of carbonyl (C=O) groups is 2. The standard InChI is InChI=1S/C31H46N4O6S/c1-22(2)18-30(37)35(33-31(38)27-12-9-17-32-27)28(19-24-10-7-6-8-11-24)29(36)21-34(20-23(3)4)42(39,40)26-15-13-25(41-5)14-16-26/h6-8,10-11,13-16,22-23,27-29,32,36H,9,12,17-21H2,1-5H3,(H,33,38)/t27?,28-,29+/m0/s1. The minimum absolute atomic E-state index is 0.00362. The second kappa shape index (κ2) is 15.5. The zero-order valence-corrected chi connectivity index (χ0v) is 26.1. The van der Waals surface area contributed by atoms with Gasteiger partial charge in [0.2, 0.25) is 15.9 Å². The Bertz CT molecular complexity index is 1250. The Hall–Kier alpha value is -2.99. The van der Waals surface area contributed by atoms with Crippen molar-refractivity contribution in [2.45, 2.75) is 76.5 Å². The number of methoxy groups -OCH3 is 1. The van der Waals surface area contributed by atoms with Crippen LogP contribution in [0.3, 0.4) is 0 Å². The molecule has 2 aromatic carbocycles. The van der Waals surface area contributed by atoms with E-state index in [0.717, 1.165) is 12.0 Å². The topological polar surface area (TPSA) is 128 Å². The highest BCUT2D eigenvalue weighted by molar-refractivity contribution is 7.89. The summed E-state index contributed by atoms with van der Waals surface area (Å²) in [5.41, 5.74) is 3.64. The summed E-state index contributed by atoms with van der Waals surface area (Å²) < 4.78 is 34.0. The molecule has 10 nitrogen and oxygen atoms in total. The third-order valence-electron chi connectivity index (χ3n) is 7.18. The van der Waals surface area contributed by atoms with E-state index in [0.29, 0.717) is 18.7 Å². The fourth-order valence-corrected chi connectivity index (χ4v) is 6.66. The Morgan fingerprint density at radius 1 is 1.02 bits per heavy atom. The minimum atomic E-state index is -4.01. The van der Waals surface area contributed by atoms with Crippen molar-refractivity contribution in [2.24, 2.45) is 11.8 Å². The second-order valence-electron chi connectivity index (χ2n) is 11.7. The van der Waals surface area contributed by atoms with E-state index in [1.807, 2.05) is 58.0 Å². The molecule has 11 heteroatoms. The average Bonchev–Trinajstić information content (AvgIpc) is 3.50. The maximum absolute atomic E-state index is 13.8. The van der Waals surface area contributed by atoms with Gasteiger partial charge in [-0.15, -0.1) is 0 Å². The molecule has 1 heterocycles. The molecule has 0 aromatic heterocycles. The van der Waals surface area contributed by atoms with Crippen LogP contribution in [0, 0.1) is 11.8 Å². The zero-order valence-electron chi connectivity index (χ0n) is 25.3. The fourth-order valence-electron chi connectivity index (χ4n) is 5.04. The molecule has 0 spiro atoms. The van der Waals surface area contributed by atoms with Crippen LogP contribution in [0.5, 0.6) is 5.75 Å². The zero-order chi connectivity index (χ0) is 30.9. The van der Waals surface area contributed by atoms with E-state index in [9.17, 15) is 23.1 Å². The van der Waals surface area contributed by atoms with Crippen molar-refractivity contribution in [2.75, 3.05) is 26.7 Å². The first-order valence-electron chi connectivity index (χ1n) is 14.6. The molecule has 0 radical (unpaired) electrons. The Morgan fingerprint density at radius 2 is 1.69 bits per heavy atom. The number of hydrogen-bond donors (Lipinski definition) is 3. The summed E-state index contributed by atoms with van der Waals surface area (Å²) in [6.45, 7) is 8.21. The number of aliphatic hydroxyl groups is 1. The third-order valence-corrected chi connectivity index (χ3v) is 9.03. The van der Waals surface area contributed by atoms with E-state index >= 15 is 0 Å². The van der Waals surface area contributed by atoms with Crippen molar-refractivity contribution >= 4 is 21.8 Å². The van der Waals surface area contributed by atoms with E-state index in [4.69, 9.17) is 4.74 Å². The molecule has 0 bridgehead atoms. The van der Waals surface area contributed by atoms with Crippen molar-refractivity contribution in [3.05, 3.63) is 60.2 Å². The number of sulfonamides is 1. The van der Waals surface area contributed by atoms with Crippen LogP contribution in [-0.2, 0) is 26.0 Å². The first-order valence-corrected chi connectivity index (χ1v) is 16.1. The molecule has 1 fully saturated rings. The van der Waals surface area contributed by atoms with Gasteiger partial charge in [-0.05, 0) is 67.5 Å². The molecule has 232 valence electrons. The predicted octanol–water partition coefficient (Wildman–Crippen LogP) is 2.97. The lowest BCUT2D eigenvalue weighted by molar-refractivity contribution is -0.149. The maximum atomic E-state index is 13.8. The number of rotatable bonds is 14. The Balaban J connectivity index is 1.99. The van der Waals surface area contributed by atoms with Gasteiger partial charge in [-0.25, -0.2) is 13.4 Å². The average molecular weight is 603 g/mol. The van der Waals surface area contributed by atoms with Crippen molar-refractivity contribution in [3.63, 3.8) is 0 Å². The molecule has 0 aliphatic carbocycles. The number of aliphatic hydroxyl groups excluding tert-OH is 1. The molecule has 42 heavy (non-hydrogen) atoms. The van der Waals surface area contributed by atoms with Crippen LogP contribution in [0.1, 0.15) is 52.5 Å². The van der Waals surface area contributed by atoms with Crippen molar-refractivity contribution in [3.8, 4) is 5.75 Å². The molecule has 3 rings (SSSR count). The molecule has 0 saturated carbocycles. The van der Waals surface area contributed by atoms with E-state index in [2.05, 4.69) is 10.7 Å². The van der Waals surface area contributed by atoms with E-state index in [1.165, 1.54) is 28.6 Å². The van der Waals surface area contributed by atoms with Gasteiger partial charge >= 0.3 is 0 Å².